The van der Waals surface area contributed by atoms with Gasteiger partial charge in [-0.2, -0.15) is 12.7 Å². The Morgan fingerprint density at radius 3 is 2.58 bits per heavy atom. The number of aromatic nitrogens is 1. The number of nitrogens with zero attached hydrogens (tertiary/aromatic N) is 3. The van der Waals surface area contributed by atoms with E-state index in [2.05, 4.69) is 11.6 Å². The minimum atomic E-state index is -4.23. The number of pyridine rings is 1. The fourth-order valence-corrected chi connectivity index (χ4v) is 6.33. The maximum Gasteiger partial charge on any atom is 0.304 e. The van der Waals surface area contributed by atoms with Gasteiger partial charge in [0.1, 0.15) is 23.6 Å². The van der Waals surface area contributed by atoms with Crippen molar-refractivity contribution in [1.29, 1.82) is 0 Å². The largest absolute Gasteiger partial charge is 0.493 e. The van der Waals surface area contributed by atoms with Gasteiger partial charge in [-0.25, -0.2) is 18.5 Å². The number of rotatable bonds is 8. The Labute approximate surface area is 223 Å². The van der Waals surface area contributed by atoms with E-state index >= 15 is 0 Å². The monoisotopic (exact) mass is 550 g/mol. The molecule has 1 unspecified atom stereocenters. The minimum Gasteiger partial charge on any atom is -0.493 e. The van der Waals surface area contributed by atoms with Crippen LogP contribution in [0.1, 0.15) is 57.8 Å². The molecule has 0 spiro atoms. The van der Waals surface area contributed by atoms with Crippen LogP contribution in [-0.2, 0) is 10.2 Å². The van der Waals surface area contributed by atoms with Crippen LogP contribution in [0.15, 0.2) is 30.3 Å². The minimum absolute atomic E-state index is 0.00524. The summed E-state index contributed by atoms with van der Waals surface area (Å²) < 4.78 is 62.4. The molecule has 0 saturated carbocycles. The Morgan fingerprint density at radius 1 is 1.24 bits per heavy atom. The van der Waals surface area contributed by atoms with Crippen LogP contribution >= 0.6 is 0 Å². The lowest BCUT2D eigenvalue weighted by molar-refractivity contribution is 0.0979. The number of ether oxygens (including phenoxy) is 1. The van der Waals surface area contributed by atoms with E-state index < -0.39 is 28.1 Å². The van der Waals surface area contributed by atoms with Gasteiger partial charge in [0.05, 0.1) is 17.9 Å². The average Bonchev–Trinajstić information content (AvgIpc) is 3.38. The SMILES string of the molecule is CC(C)COc1cc(F)cc(-c2ccc(C(=O)NS(=O)(=O)N3CCC(F)C3)c(N3C[C@@H](C)CC3(C)C)n2)c1. The second-order valence-electron chi connectivity index (χ2n) is 11.4. The van der Waals surface area contributed by atoms with Crippen molar-refractivity contribution in [2.75, 3.05) is 31.1 Å². The van der Waals surface area contributed by atoms with Gasteiger partial charge in [-0.15, -0.1) is 0 Å². The lowest BCUT2D eigenvalue weighted by atomic mass is 9.97. The highest BCUT2D eigenvalue weighted by Crippen LogP contribution is 2.38. The van der Waals surface area contributed by atoms with Crippen LogP contribution in [0.4, 0.5) is 14.6 Å². The number of halogens is 2. The van der Waals surface area contributed by atoms with E-state index in [0.717, 1.165) is 10.7 Å². The van der Waals surface area contributed by atoms with Crippen LogP contribution in [0.25, 0.3) is 11.3 Å². The highest BCUT2D eigenvalue weighted by Gasteiger charge is 2.40. The average molecular weight is 551 g/mol. The molecule has 2 atom stereocenters. The number of carbonyl (C=O) groups excluding carboxylic acids is 1. The number of hydrogen-bond donors (Lipinski definition) is 1. The van der Waals surface area contributed by atoms with Gasteiger partial charge in [-0.1, -0.05) is 20.8 Å². The molecule has 11 heteroatoms. The molecule has 2 fully saturated rings. The van der Waals surface area contributed by atoms with E-state index in [0.29, 0.717) is 41.9 Å². The maximum absolute atomic E-state index is 14.5. The lowest BCUT2D eigenvalue weighted by Gasteiger charge is -2.34. The number of anilines is 1. The van der Waals surface area contributed by atoms with E-state index in [9.17, 15) is 22.0 Å². The molecule has 2 aromatic rings. The fraction of sp³-hybridized carbons (Fsp3) is 0.556. The molecule has 2 aliphatic rings. The molecule has 1 N–H and O–H groups in total. The van der Waals surface area contributed by atoms with Gasteiger partial charge in [-0.05, 0) is 62.8 Å². The maximum atomic E-state index is 14.5. The number of carbonyl (C=O) groups is 1. The molecule has 3 heterocycles. The second kappa shape index (κ2) is 10.8. The highest BCUT2D eigenvalue weighted by molar-refractivity contribution is 7.87. The van der Waals surface area contributed by atoms with E-state index in [4.69, 9.17) is 9.72 Å². The van der Waals surface area contributed by atoms with Crippen molar-refractivity contribution in [3.05, 3.63) is 41.7 Å². The summed E-state index contributed by atoms with van der Waals surface area (Å²) in [4.78, 5) is 20.1. The van der Waals surface area contributed by atoms with Gasteiger partial charge in [0.2, 0.25) is 0 Å². The van der Waals surface area contributed by atoms with Crippen LogP contribution < -0.4 is 14.4 Å². The summed E-state index contributed by atoms with van der Waals surface area (Å²) >= 11 is 0. The van der Waals surface area contributed by atoms with Gasteiger partial charge in [-0.3, -0.25) is 4.79 Å². The Kier molecular flexibility index (Phi) is 7.99. The molecule has 2 saturated heterocycles. The Hall–Kier alpha value is -2.79. The fourth-order valence-electron chi connectivity index (χ4n) is 5.15. The Morgan fingerprint density at radius 2 is 1.97 bits per heavy atom. The predicted octanol–water partition coefficient (Wildman–Crippen LogP) is 4.57. The molecule has 1 aromatic heterocycles. The molecule has 8 nitrogen and oxygen atoms in total. The van der Waals surface area contributed by atoms with Crippen molar-refractivity contribution in [2.24, 2.45) is 11.8 Å². The number of alkyl halides is 1. The normalized spacial score (nSPS) is 21.7. The standard InChI is InChI=1S/C27H36F2N4O4S/c1-17(2)16-37-22-11-19(10-21(29)12-22)24-7-6-23(25(30-24)33-14-18(3)13-27(33,4)5)26(34)31-38(35,36)32-9-8-20(28)15-32/h6-7,10-12,17-18,20H,8-9,13-16H2,1-5H3,(H,31,34)/t18-,20?/m0/s1. The first-order chi connectivity index (χ1) is 17.7. The quantitative estimate of drug-likeness (QED) is 0.518. The Balaban J connectivity index is 1.73. The van der Waals surface area contributed by atoms with Crippen molar-refractivity contribution in [1.82, 2.24) is 14.0 Å². The van der Waals surface area contributed by atoms with E-state index in [1.165, 1.54) is 18.2 Å². The molecule has 38 heavy (non-hydrogen) atoms. The van der Waals surface area contributed by atoms with Crippen LogP contribution in [0.2, 0.25) is 0 Å². The van der Waals surface area contributed by atoms with Gasteiger partial charge >= 0.3 is 10.2 Å². The van der Waals surface area contributed by atoms with Crippen molar-refractivity contribution in [3.8, 4) is 17.0 Å². The van der Waals surface area contributed by atoms with E-state index in [1.807, 2.05) is 32.6 Å². The number of nitrogens with one attached hydrogen (secondary N) is 1. The summed E-state index contributed by atoms with van der Waals surface area (Å²) in [6, 6.07) is 7.41. The van der Waals surface area contributed by atoms with Crippen molar-refractivity contribution in [2.45, 2.75) is 59.2 Å². The van der Waals surface area contributed by atoms with Crippen LogP contribution in [0, 0.1) is 17.7 Å². The van der Waals surface area contributed by atoms with Gasteiger partial charge in [0.25, 0.3) is 5.91 Å². The molecule has 2 aliphatic heterocycles. The van der Waals surface area contributed by atoms with Gasteiger partial charge in [0, 0.05) is 36.8 Å². The van der Waals surface area contributed by atoms with E-state index in [-0.39, 0.29) is 36.5 Å². The van der Waals surface area contributed by atoms with Crippen molar-refractivity contribution < 1.29 is 26.7 Å². The third kappa shape index (κ3) is 6.26. The summed E-state index contributed by atoms with van der Waals surface area (Å²) in [5, 5.41) is 0. The number of amides is 1. The van der Waals surface area contributed by atoms with Crippen molar-refractivity contribution in [3.63, 3.8) is 0 Å². The second-order valence-corrected chi connectivity index (χ2v) is 13.0. The molecule has 1 amide bonds. The van der Waals surface area contributed by atoms with Crippen LogP contribution in [0.3, 0.4) is 0 Å². The van der Waals surface area contributed by atoms with Crippen molar-refractivity contribution >= 4 is 21.9 Å². The van der Waals surface area contributed by atoms with Gasteiger partial charge < -0.3 is 9.64 Å². The third-order valence-corrected chi connectivity index (χ3v) is 8.31. The predicted molar refractivity (Wildman–Crippen MR) is 143 cm³/mol. The van der Waals surface area contributed by atoms with E-state index in [1.54, 1.807) is 12.1 Å². The molecule has 0 aliphatic carbocycles. The summed E-state index contributed by atoms with van der Waals surface area (Å²) in [6.07, 6.45) is -0.324. The third-order valence-electron chi connectivity index (χ3n) is 6.85. The summed E-state index contributed by atoms with van der Waals surface area (Å²) in [5.41, 5.74) is 0.607. The summed E-state index contributed by atoms with van der Waals surface area (Å²) in [7, 11) is -4.23. The molecule has 4 rings (SSSR count). The zero-order valence-electron chi connectivity index (χ0n) is 22.5. The molecule has 0 radical (unpaired) electrons. The van der Waals surface area contributed by atoms with Gasteiger partial charge in [0.15, 0.2) is 0 Å². The smallest absolute Gasteiger partial charge is 0.304 e. The first-order valence-electron chi connectivity index (χ1n) is 12.9. The van der Waals surface area contributed by atoms with Crippen LogP contribution in [-0.4, -0.2) is 61.6 Å². The lowest BCUT2D eigenvalue weighted by Crippen LogP contribution is -2.44. The topological polar surface area (TPSA) is 91.8 Å². The zero-order valence-corrected chi connectivity index (χ0v) is 23.3. The highest BCUT2D eigenvalue weighted by atomic mass is 32.2. The van der Waals surface area contributed by atoms with Crippen LogP contribution in [0.5, 0.6) is 5.75 Å². The molecular weight excluding hydrogens is 514 g/mol. The summed E-state index contributed by atoms with van der Waals surface area (Å²) in [6.45, 7) is 10.9. The first-order valence-corrected chi connectivity index (χ1v) is 14.4. The molecule has 1 aromatic carbocycles. The molecule has 0 bridgehead atoms. The zero-order chi connectivity index (χ0) is 27.8. The molecular formula is C27H36F2N4O4S. The number of benzene rings is 1. The molecule has 208 valence electrons. The Bertz CT molecular complexity index is 1300. The summed E-state index contributed by atoms with van der Waals surface area (Å²) in [5.74, 6) is -0.0795. The first kappa shape index (κ1) is 28.2. The number of hydrogen-bond acceptors (Lipinski definition) is 6.